The van der Waals surface area contributed by atoms with Crippen molar-refractivity contribution < 1.29 is 17.7 Å². The van der Waals surface area contributed by atoms with Crippen LogP contribution in [0.15, 0.2) is 248 Å². The number of rotatable bonds is 6. The highest BCUT2D eigenvalue weighted by molar-refractivity contribution is 6.29. The van der Waals surface area contributed by atoms with Crippen LogP contribution >= 0.6 is 0 Å². The first-order valence-electron chi connectivity index (χ1n) is 24.3. The van der Waals surface area contributed by atoms with E-state index < -0.39 is 0 Å². The average molecular weight is 923 g/mol. The largest absolute Gasteiger partial charge is 0.456 e. The van der Waals surface area contributed by atoms with Crippen molar-refractivity contribution in [3.8, 4) is 0 Å². The van der Waals surface area contributed by atoms with Crippen LogP contribution in [0.5, 0.6) is 0 Å². The van der Waals surface area contributed by atoms with Crippen LogP contribution < -0.4 is 9.80 Å². The molecule has 6 heteroatoms. The van der Waals surface area contributed by atoms with Crippen molar-refractivity contribution in [2.45, 2.75) is 0 Å². The fourth-order valence-electron chi connectivity index (χ4n) is 11.7. The first-order chi connectivity index (χ1) is 35.7. The Hall–Kier alpha value is -9.78. The Labute approximate surface area is 410 Å². The Bertz CT molecular complexity index is 4580. The van der Waals surface area contributed by atoms with E-state index in [0.717, 1.165) is 154 Å². The molecule has 0 aliphatic heterocycles. The van der Waals surface area contributed by atoms with E-state index in [1.165, 1.54) is 0 Å². The predicted molar refractivity (Wildman–Crippen MR) is 297 cm³/mol. The number of hydrogen-bond acceptors (Lipinski definition) is 6. The van der Waals surface area contributed by atoms with Crippen molar-refractivity contribution in [1.29, 1.82) is 0 Å². The summed E-state index contributed by atoms with van der Waals surface area (Å²) in [7, 11) is 0. The molecule has 336 valence electrons. The van der Waals surface area contributed by atoms with Gasteiger partial charge in [-0.2, -0.15) is 0 Å². The van der Waals surface area contributed by atoms with Crippen LogP contribution in [-0.2, 0) is 0 Å². The van der Waals surface area contributed by atoms with Crippen molar-refractivity contribution in [1.82, 2.24) is 0 Å². The minimum atomic E-state index is 0.807. The number of fused-ring (bicyclic) bond motifs is 19. The number of benzene rings is 12. The van der Waals surface area contributed by atoms with Gasteiger partial charge in [0.1, 0.15) is 44.7 Å². The molecule has 12 aromatic carbocycles. The molecule has 6 nitrogen and oxygen atoms in total. The fraction of sp³-hybridized carbons (Fsp3) is 0. The summed E-state index contributed by atoms with van der Waals surface area (Å²) in [6, 6.07) is 81.0. The van der Waals surface area contributed by atoms with Gasteiger partial charge in [0.15, 0.2) is 0 Å². The first kappa shape index (κ1) is 39.1. The number of hydrogen-bond donors (Lipinski definition) is 0. The molecular formula is C66H38N2O4. The molecule has 0 N–H and O–H groups in total. The molecule has 0 saturated heterocycles. The SMILES string of the molecule is c1ccc(N(c2ccc3c(c2)oc2ccc4c(ccc5oc6cc(N(c7ccccc7)c7cc8oc9ccccc9c8c8ccccc78)ccc6c54)c23)c2cc3oc4ccccc4c3c3ccccc23)cc1. The van der Waals surface area contributed by atoms with Gasteiger partial charge in [0.2, 0.25) is 0 Å². The molecular weight excluding hydrogens is 885 g/mol. The lowest BCUT2D eigenvalue weighted by atomic mass is 9.98. The molecule has 0 amide bonds. The van der Waals surface area contributed by atoms with Crippen LogP contribution in [0.2, 0.25) is 0 Å². The van der Waals surface area contributed by atoms with Gasteiger partial charge in [0, 0.05) is 101 Å². The summed E-state index contributed by atoms with van der Waals surface area (Å²) < 4.78 is 26.8. The molecule has 4 aromatic heterocycles. The van der Waals surface area contributed by atoms with Gasteiger partial charge >= 0.3 is 0 Å². The van der Waals surface area contributed by atoms with Gasteiger partial charge in [-0.1, -0.05) is 121 Å². The van der Waals surface area contributed by atoms with Gasteiger partial charge in [-0.3, -0.25) is 0 Å². The Morgan fingerprint density at radius 1 is 0.194 bits per heavy atom. The minimum Gasteiger partial charge on any atom is -0.456 e. The van der Waals surface area contributed by atoms with Crippen molar-refractivity contribution in [2.75, 3.05) is 9.80 Å². The van der Waals surface area contributed by atoms with E-state index in [4.69, 9.17) is 17.7 Å². The molecule has 0 fully saturated rings. The van der Waals surface area contributed by atoms with Crippen LogP contribution in [0.1, 0.15) is 0 Å². The molecule has 4 heterocycles. The molecule has 16 aromatic rings. The highest BCUT2D eigenvalue weighted by atomic mass is 16.3. The number of anilines is 6. The van der Waals surface area contributed by atoms with Gasteiger partial charge < -0.3 is 27.5 Å². The summed E-state index contributed by atoms with van der Waals surface area (Å²) in [6.07, 6.45) is 0. The summed E-state index contributed by atoms with van der Waals surface area (Å²) in [5.41, 5.74) is 12.8. The summed E-state index contributed by atoms with van der Waals surface area (Å²) in [5, 5.41) is 15.5. The molecule has 0 radical (unpaired) electrons. The zero-order chi connectivity index (χ0) is 47.0. The van der Waals surface area contributed by atoms with Crippen LogP contribution in [0.25, 0.3) is 120 Å². The van der Waals surface area contributed by atoms with E-state index in [1.807, 2.05) is 24.3 Å². The summed E-state index contributed by atoms with van der Waals surface area (Å²) in [4.78, 5) is 4.63. The minimum absolute atomic E-state index is 0.807. The second-order valence-electron chi connectivity index (χ2n) is 18.7. The van der Waals surface area contributed by atoms with Crippen LogP contribution in [0.4, 0.5) is 34.1 Å². The zero-order valence-electron chi connectivity index (χ0n) is 38.5. The predicted octanol–water partition coefficient (Wildman–Crippen LogP) is 19.7. The second kappa shape index (κ2) is 14.9. The van der Waals surface area contributed by atoms with E-state index in [1.54, 1.807) is 0 Å². The third kappa shape index (κ3) is 5.60. The van der Waals surface area contributed by atoms with Gasteiger partial charge in [-0.25, -0.2) is 0 Å². The van der Waals surface area contributed by atoms with E-state index in [-0.39, 0.29) is 0 Å². The third-order valence-corrected chi connectivity index (χ3v) is 14.8. The van der Waals surface area contributed by atoms with Gasteiger partial charge in [0.25, 0.3) is 0 Å². The molecule has 72 heavy (non-hydrogen) atoms. The lowest BCUT2D eigenvalue weighted by Crippen LogP contribution is -2.10. The van der Waals surface area contributed by atoms with E-state index in [0.29, 0.717) is 0 Å². The van der Waals surface area contributed by atoms with E-state index >= 15 is 0 Å². The zero-order valence-corrected chi connectivity index (χ0v) is 38.5. The molecule has 0 bridgehead atoms. The normalized spacial score (nSPS) is 12.2. The summed E-state index contributed by atoms with van der Waals surface area (Å²) in [5.74, 6) is 0. The Balaban J connectivity index is 0.853. The third-order valence-electron chi connectivity index (χ3n) is 14.8. The maximum Gasteiger partial charge on any atom is 0.138 e. The average Bonchev–Trinajstić information content (AvgIpc) is 4.21. The molecule has 0 unspecified atom stereocenters. The van der Waals surface area contributed by atoms with Crippen molar-refractivity contribution in [3.63, 3.8) is 0 Å². The van der Waals surface area contributed by atoms with Crippen LogP contribution in [0, 0.1) is 0 Å². The van der Waals surface area contributed by atoms with Gasteiger partial charge in [0.05, 0.1) is 11.4 Å². The molecule has 16 rings (SSSR count). The Morgan fingerprint density at radius 2 is 0.514 bits per heavy atom. The van der Waals surface area contributed by atoms with E-state index in [2.05, 4.69) is 216 Å². The lowest BCUT2D eigenvalue weighted by molar-refractivity contribution is 0.668. The number of para-hydroxylation sites is 4. The Kier molecular flexibility index (Phi) is 8.07. The summed E-state index contributed by atoms with van der Waals surface area (Å²) >= 11 is 0. The lowest BCUT2D eigenvalue weighted by Gasteiger charge is -2.27. The number of furan rings is 4. The Morgan fingerprint density at radius 3 is 0.958 bits per heavy atom. The van der Waals surface area contributed by atoms with Crippen LogP contribution in [0.3, 0.4) is 0 Å². The number of nitrogens with zero attached hydrogens (tertiary/aromatic N) is 2. The van der Waals surface area contributed by atoms with Crippen molar-refractivity contribution in [2.24, 2.45) is 0 Å². The second-order valence-corrected chi connectivity index (χ2v) is 18.7. The molecule has 0 spiro atoms. The molecule has 0 aliphatic carbocycles. The first-order valence-corrected chi connectivity index (χ1v) is 24.3. The highest BCUT2D eigenvalue weighted by Gasteiger charge is 2.24. The molecule has 0 aliphatic rings. The van der Waals surface area contributed by atoms with Gasteiger partial charge in [-0.15, -0.1) is 0 Å². The smallest absolute Gasteiger partial charge is 0.138 e. The molecule has 0 atom stereocenters. The summed E-state index contributed by atoms with van der Waals surface area (Å²) in [6.45, 7) is 0. The van der Waals surface area contributed by atoms with Crippen LogP contribution in [-0.4, -0.2) is 0 Å². The topological polar surface area (TPSA) is 59.0 Å². The monoisotopic (exact) mass is 922 g/mol. The van der Waals surface area contributed by atoms with E-state index in [9.17, 15) is 0 Å². The highest BCUT2D eigenvalue weighted by Crippen LogP contribution is 2.49. The fourth-order valence-corrected chi connectivity index (χ4v) is 11.7. The standard InChI is InChI=1S/C66H38N2O4/c1-3-15-39(16-4-1)67(53-37-61-65(45-21-9-7-19-43(45)53)49-23-11-13-25-55(49)69-61)41-27-29-51-59(35-41)71-57-33-31-48-47(63(51)57)32-34-58-64(48)52-30-28-42(36-60(52)72-58)68(40-17-5-2-6-18-40)54-38-62-66(46-22-10-8-20-44(46)54)50-24-12-14-26-56(50)70-62/h1-38H. The maximum atomic E-state index is 6.82. The van der Waals surface area contributed by atoms with Crippen molar-refractivity contribution >= 4 is 154 Å². The quantitative estimate of drug-likeness (QED) is 0.166. The van der Waals surface area contributed by atoms with Gasteiger partial charge in [-0.05, 0) is 106 Å². The van der Waals surface area contributed by atoms with Crippen molar-refractivity contribution in [3.05, 3.63) is 231 Å². The maximum absolute atomic E-state index is 6.82. The molecule has 0 saturated carbocycles.